The topological polar surface area (TPSA) is 67.4 Å². The second kappa shape index (κ2) is 6.55. The van der Waals surface area contributed by atoms with E-state index in [0.717, 1.165) is 36.4 Å². The van der Waals surface area contributed by atoms with Gasteiger partial charge in [-0.2, -0.15) is 0 Å². The molecule has 0 unspecified atom stereocenters. The average Bonchev–Trinajstić information content (AvgIpc) is 3.17. The van der Waals surface area contributed by atoms with E-state index in [-0.39, 0.29) is 11.9 Å². The molecule has 4 rings (SSSR count). The van der Waals surface area contributed by atoms with Crippen molar-refractivity contribution in [3.8, 4) is 5.75 Å². The molecule has 1 aromatic heterocycles. The predicted molar refractivity (Wildman–Crippen MR) is 95.2 cm³/mol. The van der Waals surface area contributed by atoms with Gasteiger partial charge in [-0.3, -0.25) is 9.78 Å². The predicted octanol–water partition coefficient (Wildman–Crippen LogP) is 2.66. The number of carbonyl (C=O) groups excluding carboxylic acids is 1. The maximum Gasteiger partial charge on any atom is 0.253 e. The van der Waals surface area contributed by atoms with Crippen molar-refractivity contribution in [3.05, 3.63) is 53.5 Å². The molecule has 6 nitrogen and oxygen atoms in total. The van der Waals surface area contributed by atoms with Gasteiger partial charge in [0.15, 0.2) is 0 Å². The fourth-order valence-corrected chi connectivity index (χ4v) is 3.40. The molecular formula is C19H20N4O2. The molecule has 128 valence electrons. The molecule has 1 saturated heterocycles. The molecule has 0 spiro atoms. The van der Waals surface area contributed by atoms with E-state index in [9.17, 15) is 4.79 Å². The summed E-state index contributed by atoms with van der Waals surface area (Å²) < 4.78 is 5.74. The number of hydrogen-bond donors (Lipinski definition) is 1. The molecule has 1 N–H and O–H groups in total. The normalized spacial score (nSPS) is 19.0. The van der Waals surface area contributed by atoms with Crippen LogP contribution in [0, 0.1) is 0 Å². The van der Waals surface area contributed by atoms with Gasteiger partial charge >= 0.3 is 0 Å². The van der Waals surface area contributed by atoms with E-state index < -0.39 is 0 Å². The van der Waals surface area contributed by atoms with E-state index >= 15 is 0 Å². The van der Waals surface area contributed by atoms with Crippen molar-refractivity contribution in [2.75, 3.05) is 25.5 Å². The fourth-order valence-electron chi connectivity index (χ4n) is 3.40. The Kier molecular flexibility index (Phi) is 4.09. The van der Waals surface area contributed by atoms with Crippen LogP contribution < -0.4 is 10.1 Å². The van der Waals surface area contributed by atoms with Crippen molar-refractivity contribution < 1.29 is 9.53 Å². The average molecular weight is 336 g/mol. The third-order valence-corrected chi connectivity index (χ3v) is 4.67. The minimum Gasteiger partial charge on any atom is -0.488 e. The molecular weight excluding hydrogens is 316 g/mol. The number of benzene rings is 1. The van der Waals surface area contributed by atoms with Crippen LogP contribution in [0.4, 0.5) is 5.82 Å². The Bertz CT molecular complexity index is 834. The van der Waals surface area contributed by atoms with Gasteiger partial charge in [-0.15, -0.1) is 0 Å². The Labute approximate surface area is 146 Å². The van der Waals surface area contributed by atoms with Gasteiger partial charge in [0, 0.05) is 19.2 Å². The van der Waals surface area contributed by atoms with Crippen molar-refractivity contribution in [2.45, 2.75) is 18.9 Å². The zero-order valence-electron chi connectivity index (χ0n) is 14.1. The summed E-state index contributed by atoms with van der Waals surface area (Å²) in [6.45, 7) is 1.04. The number of fused-ring (bicyclic) bond motifs is 1. The molecule has 2 aliphatic heterocycles. The van der Waals surface area contributed by atoms with Crippen LogP contribution in [0.1, 0.15) is 30.1 Å². The van der Waals surface area contributed by atoms with E-state index in [4.69, 9.17) is 4.74 Å². The number of amides is 1. The Morgan fingerprint density at radius 3 is 3.08 bits per heavy atom. The summed E-state index contributed by atoms with van der Waals surface area (Å²) >= 11 is 0. The molecule has 2 aliphatic rings. The lowest BCUT2D eigenvalue weighted by Gasteiger charge is -2.27. The number of ether oxygens (including phenoxy) is 1. The van der Waals surface area contributed by atoms with Gasteiger partial charge < -0.3 is 15.0 Å². The van der Waals surface area contributed by atoms with Gasteiger partial charge in [0.2, 0.25) is 0 Å². The molecule has 0 radical (unpaired) electrons. The summed E-state index contributed by atoms with van der Waals surface area (Å²) in [6, 6.07) is 7.73. The number of likely N-dealkylation sites (tertiary alicyclic amines) is 1. The number of nitrogens with one attached hydrogen (secondary N) is 1. The highest BCUT2D eigenvalue weighted by Gasteiger charge is 2.33. The van der Waals surface area contributed by atoms with Crippen LogP contribution in [0.15, 0.2) is 42.2 Å². The first-order valence-corrected chi connectivity index (χ1v) is 8.49. The Hall–Kier alpha value is -2.89. The quantitative estimate of drug-likeness (QED) is 0.933. The number of carbonyl (C=O) groups is 1. The van der Waals surface area contributed by atoms with Crippen molar-refractivity contribution in [3.63, 3.8) is 0 Å². The first kappa shape index (κ1) is 15.6. The Balaban J connectivity index is 1.60. The summed E-state index contributed by atoms with van der Waals surface area (Å²) in [6.07, 6.45) is 7.23. The first-order chi connectivity index (χ1) is 12.3. The number of para-hydroxylation sites is 1. The minimum absolute atomic E-state index is 0.0219. The summed E-state index contributed by atoms with van der Waals surface area (Å²) in [5.74, 6) is 1.56. The lowest BCUT2D eigenvalue weighted by molar-refractivity contribution is -0.128. The fraction of sp³-hybridized carbons (Fsp3) is 0.316. The van der Waals surface area contributed by atoms with Gasteiger partial charge in [0.05, 0.1) is 29.7 Å². The van der Waals surface area contributed by atoms with Gasteiger partial charge in [0.25, 0.3) is 5.91 Å². The number of anilines is 1. The smallest absolute Gasteiger partial charge is 0.253 e. The van der Waals surface area contributed by atoms with E-state index in [0.29, 0.717) is 18.0 Å². The molecule has 3 heterocycles. The SMILES string of the molecule is CNc1cncc([C@@H]2CCCN2C(=O)C2=Cc3ccccc3OC2)n1. The van der Waals surface area contributed by atoms with Crippen LogP contribution >= 0.6 is 0 Å². The van der Waals surface area contributed by atoms with Gasteiger partial charge in [-0.05, 0) is 25.0 Å². The van der Waals surface area contributed by atoms with Gasteiger partial charge in [0.1, 0.15) is 18.2 Å². The van der Waals surface area contributed by atoms with Crippen LogP contribution in [-0.4, -0.2) is 41.0 Å². The summed E-state index contributed by atoms with van der Waals surface area (Å²) in [7, 11) is 1.81. The lowest BCUT2D eigenvalue weighted by Crippen LogP contribution is -2.34. The van der Waals surface area contributed by atoms with Crippen molar-refractivity contribution in [1.82, 2.24) is 14.9 Å². The number of nitrogens with zero attached hydrogens (tertiary/aromatic N) is 3. The molecule has 1 fully saturated rings. The van der Waals surface area contributed by atoms with Crippen LogP contribution in [0.25, 0.3) is 6.08 Å². The lowest BCUT2D eigenvalue weighted by atomic mass is 10.1. The molecule has 0 aliphatic carbocycles. The van der Waals surface area contributed by atoms with Crippen LogP contribution in [0.2, 0.25) is 0 Å². The molecule has 2 aromatic rings. The van der Waals surface area contributed by atoms with Crippen molar-refractivity contribution >= 4 is 17.8 Å². The van der Waals surface area contributed by atoms with Gasteiger partial charge in [-0.25, -0.2) is 4.98 Å². The van der Waals surface area contributed by atoms with Crippen LogP contribution in [0.5, 0.6) is 5.75 Å². The summed E-state index contributed by atoms with van der Waals surface area (Å²) in [5, 5.41) is 3.00. The number of aromatic nitrogens is 2. The van der Waals surface area contributed by atoms with E-state index in [1.54, 1.807) is 12.4 Å². The van der Waals surface area contributed by atoms with Crippen molar-refractivity contribution in [1.29, 1.82) is 0 Å². The maximum absolute atomic E-state index is 13.1. The zero-order valence-corrected chi connectivity index (χ0v) is 14.1. The van der Waals surface area contributed by atoms with Crippen LogP contribution in [-0.2, 0) is 4.79 Å². The molecule has 6 heteroatoms. The van der Waals surface area contributed by atoms with E-state index in [1.165, 1.54) is 0 Å². The standard InChI is InChI=1S/C19H20N4O2/c1-20-18-11-21-10-15(22-18)16-6-4-8-23(16)19(24)14-9-13-5-2-3-7-17(13)25-12-14/h2-3,5,7,9-11,16H,4,6,8,12H2,1H3,(H,20,22)/t16-/m0/s1. The molecule has 1 aromatic carbocycles. The second-order valence-electron chi connectivity index (χ2n) is 6.23. The summed E-state index contributed by atoms with van der Waals surface area (Å²) in [5.41, 5.74) is 2.46. The van der Waals surface area contributed by atoms with Crippen LogP contribution in [0.3, 0.4) is 0 Å². The third-order valence-electron chi connectivity index (χ3n) is 4.67. The third kappa shape index (κ3) is 2.95. The first-order valence-electron chi connectivity index (χ1n) is 8.49. The molecule has 0 saturated carbocycles. The van der Waals surface area contributed by atoms with E-state index in [2.05, 4.69) is 15.3 Å². The monoisotopic (exact) mass is 336 g/mol. The summed E-state index contributed by atoms with van der Waals surface area (Å²) in [4.78, 5) is 23.8. The molecule has 1 atom stereocenters. The maximum atomic E-state index is 13.1. The minimum atomic E-state index is -0.0358. The van der Waals surface area contributed by atoms with Gasteiger partial charge in [-0.1, -0.05) is 18.2 Å². The Morgan fingerprint density at radius 2 is 2.20 bits per heavy atom. The van der Waals surface area contributed by atoms with E-state index in [1.807, 2.05) is 42.3 Å². The molecule has 25 heavy (non-hydrogen) atoms. The highest BCUT2D eigenvalue weighted by atomic mass is 16.5. The Morgan fingerprint density at radius 1 is 1.32 bits per heavy atom. The number of rotatable bonds is 3. The second-order valence-corrected chi connectivity index (χ2v) is 6.23. The zero-order chi connectivity index (χ0) is 17.2. The number of hydrogen-bond acceptors (Lipinski definition) is 5. The molecule has 0 bridgehead atoms. The largest absolute Gasteiger partial charge is 0.488 e. The molecule has 1 amide bonds. The highest BCUT2D eigenvalue weighted by molar-refractivity contribution is 5.99. The van der Waals surface area contributed by atoms with Crippen molar-refractivity contribution in [2.24, 2.45) is 0 Å². The highest BCUT2D eigenvalue weighted by Crippen LogP contribution is 2.34.